The first-order valence-corrected chi connectivity index (χ1v) is 8.54. The van der Waals surface area contributed by atoms with Crippen molar-refractivity contribution in [3.05, 3.63) is 60.4 Å². The van der Waals surface area contributed by atoms with Gasteiger partial charge in [-0.2, -0.15) is 0 Å². The van der Waals surface area contributed by atoms with E-state index in [2.05, 4.69) is 33.3 Å². The van der Waals surface area contributed by atoms with Crippen molar-refractivity contribution < 1.29 is 4.79 Å². The summed E-state index contributed by atoms with van der Waals surface area (Å²) in [4.78, 5) is 16.3. The number of rotatable bonds is 6. The maximum Gasteiger partial charge on any atom is 0.227 e. The van der Waals surface area contributed by atoms with Gasteiger partial charge in [0.1, 0.15) is 0 Å². The third-order valence-electron chi connectivity index (χ3n) is 4.49. The summed E-state index contributed by atoms with van der Waals surface area (Å²) in [7, 11) is 0. The van der Waals surface area contributed by atoms with Crippen molar-refractivity contribution in [1.29, 1.82) is 0 Å². The number of anilines is 1. The maximum atomic E-state index is 12.3. The Kier molecular flexibility index (Phi) is 10.2. The molecule has 142 valence electrons. The summed E-state index contributed by atoms with van der Waals surface area (Å²) in [5, 5.41) is 2.98. The van der Waals surface area contributed by atoms with Crippen molar-refractivity contribution in [3.63, 3.8) is 0 Å². The molecular weight excluding hydrogens is 371 g/mol. The Morgan fingerprint density at radius 2 is 1.62 bits per heavy atom. The highest BCUT2D eigenvalue weighted by atomic mass is 35.5. The minimum absolute atomic E-state index is 0. The van der Waals surface area contributed by atoms with Crippen LogP contribution in [0.25, 0.3) is 0 Å². The van der Waals surface area contributed by atoms with Gasteiger partial charge in [-0.05, 0) is 43.4 Å². The standard InChI is InChI=1S/C19H24N4O.2ClH/c24-19(22-17-10-12-20-13-11-17)16-6-8-18(9-7-16)23-21-14-15-4-2-1-3-5-15;;/h1-5,10-13,16,18,21,23H,6-9,14H2,(H,20,22,24);2*1H/t16-,18+;;. The SMILES string of the molecule is Cl.Cl.O=C(Nc1ccncc1)[C@H]1CC[C@@H](NNCc2ccccc2)CC1. The highest BCUT2D eigenvalue weighted by molar-refractivity contribution is 5.92. The van der Waals surface area contributed by atoms with Crippen LogP contribution >= 0.6 is 24.8 Å². The Hall–Kier alpha value is -1.66. The summed E-state index contributed by atoms with van der Waals surface area (Å²) in [5.74, 6) is 0.224. The minimum Gasteiger partial charge on any atom is -0.326 e. The van der Waals surface area contributed by atoms with E-state index in [4.69, 9.17) is 0 Å². The van der Waals surface area contributed by atoms with E-state index in [0.29, 0.717) is 6.04 Å². The van der Waals surface area contributed by atoms with Crippen LogP contribution in [0.1, 0.15) is 31.2 Å². The number of hydrogen-bond acceptors (Lipinski definition) is 4. The predicted octanol–water partition coefficient (Wildman–Crippen LogP) is 3.72. The lowest BCUT2D eigenvalue weighted by Crippen LogP contribution is -2.43. The van der Waals surface area contributed by atoms with Gasteiger partial charge in [0.2, 0.25) is 5.91 Å². The lowest BCUT2D eigenvalue weighted by atomic mass is 9.85. The number of carbonyl (C=O) groups is 1. The van der Waals surface area contributed by atoms with Crippen LogP contribution in [0.5, 0.6) is 0 Å². The van der Waals surface area contributed by atoms with E-state index in [1.165, 1.54) is 5.56 Å². The fourth-order valence-corrected chi connectivity index (χ4v) is 3.07. The Balaban J connectivity index is 0.00000169. The Morgan fingerprint density at radius 3 is 2.27 bits per heavy atom. The average molecular weight is 397 g/mol. The Morgan fingerprint density at radius 1 is 0.962 bits per heavy atom. The number of halogens is 2. The highest BCUT2D eigenvalue weighted by Crippen LogP contribution is 2.25. The fourth-order valence-electron chi connectivity index (χ4n) is 3.07. The third-order valence-corrected chi connectivity index (χ3v) is 4.49. The molecule has 0 spiro atoms. The van der Waals surface area contributed by atoms with Crippen molar-refractivity contribution in [2.45, 2.75) is 38.3 Å². The smallest absolute Gasteiger partial charge is 0.227 e. The average Bonchev–Trinajstić information content (AvgIpc) is 2.64. The molecule has 2 aromatic rings. The molecule has 0 atom stereocenters. The lowest BCUT2D eigenvalue weighted by molar-refractivity contribution is -0.120. The molecule has 3 N–H and O–H groups in total. The number of carbonyl (C=O) groups excluding carboxylic acids is 1. The largest absolute Gasteiger partial charge is 0.326 e. The molecule has 3 rings (SSSR count). The number of hydrazine groups is 1. The first-order valence-electron chi connectivity index (χ1n) is 8.54. The molecule has 1 heterocycles. The van der Waals surface area contributed by atoms with Crippen LogP contribution in [-0.4, -0.2) is 16.9 Å². The van der Waals surface area contributed by atoms with Crippen molar-refractivity contribution in [3.8, 4) is 0 Å². The number of aromatic nitrogens is 1. The molecule has 0 radical (unpaired) electrons. The van der Waals surface area contributed by atoms with Crippen LogP contribution in [-0.2, 0) is 11.3 Å². The molecule has 1 aliphatic rings. The lowest BCUT2D eigenvalue weighted by Gasteiger charge is -2.28. The molecule has 1 saturated carbocycles. The monoisotopic (exact) mass is 396 g/mol. The Labute approximate surface area is 167 Å². The first-order chi connectivity index (χ1) is 11.8. The van der Waals surface area contributed by atoms with Crippen molar-refractivity contribution in [1.82, 2.24) is 15.8 Å². The van der Waals surface area contributed by atoms with Crippen LogP contribution in [0.3, 0.4) is 0 Å². The van der Waals surface area contributed by atoms with E-state index in [1.807, 2.05) is 30.3 Å². The molecule has 1 aliphatic carbocycles. The van der Waals surface area contributed by atoms with Crippen LogP contribution < -0.4 is 16.2 Å². The summed E-state index contributed by atoms with van der Waals surface area (Å²) in [6.07, 6.45) is 7.24. The number of pyridine rings is 1. The normalized spacial score (nSPS) is 18.9. The Bertz CT molecular complexity index is 635. The van der Waals surface area contributed by atoms with Crippen LogP contribution in [0, 0.1) is 5.92 Å². The second kappa shape index (κ2) is 11.9. The van der Waals surface area contributed by atoms with Gasteiger partial charge in [-0.3, -0.25) is 20.6 Å². The molecule has 0 unspecified atom stereocenters. The second-order valence-electron chi connectivity index (χ2n) is 6.26. The molecule has 26 heavy (non-hydrogen) atoms. The van der Waals surface area contributed by atoms with E-state index in [0.717, 1.165) is 37.9 Å². The molecule has 7 heteroatoms. The van der Waals surface area contributed by atoms with Gasteiger partial charge in [-0.15, -0.1) is 24.8 Å². The molecule has 0 saturated heterocycles. The van der Waals surface area contributed by atoms with Crippen molar-refractivity contribution in [2.24, 2.45) is 5.92 Å². The third kappa shape index (κ3) is 6.92. The molecule has 5 nitrogen and oxygen atoms in total. The first kappa shape index (κ1) is 22.4. The molecule has 1 amide bonds. The van der Waals surface area contributed by atoms with Crippen LogP contribution in [0.15, 0.2) is 54.9 Å². The molecular formula is C19H26Cl2N4O. The van der Waals surface area contributed by atoms with Gasteiger partial charge in [0.15, 0.2) is 0 Å². The van der Waals surface area contributed by atoms with E-state index >= 15 is 0 Å². The zero-order chi connectivity index (χ0) is 16.6. The molecule has 1 fully saturated rings. The summed E-state index contributed by atoms with van der Waals surface area (Å²) < 4.78 is 0. The van der Waals surface area contributed by atoms with Gasteiger partial charge in [0, 0.05) is 36.6 Å². The van der Waals surface area contributed by atoms with E-state index in [-0.39, 0.29) is 36.6 Å². The number of benzene rings is 1. The van der Waals surface area contributed by atoms with Gasteiger partial charge in [0.05, 0.1) is 0 Å². The predicted molar refractivity (Wildman–Crippen MR) is 110 cm³/mol. The number of amides is 1. The molecule has 1 aromatic carbocycles. The van der Waals surface area contributed by atoms with E-state index in [1.54, 1.807) is 12.4 Å². The fraction of sp³-hybridized carbons (Fsp3) is 0.368. The molecule has 1 aromatic heterocycles. The highest BCUT2D eigenvalue weighted by Gasteiger charge is 2.26. The zero-order valence-corrected chi connectivity index (χ0v) is 16.2. The van der Waals surface area contributed by atoms with E-state index < -0.39 is 0 Å². The van der Waals surface area contributed by atoms with E-state index in [9.17, 15) is 4.79 Å². The summed E-state index contributed by atoms with van der Waals surface area (Å²) in [5.41, 5.74) is 8.77. The van der Waals surface area contributed by atoms with Crippen LogP contribution in [0.4, 0.5) is 5.69 Å². The van der Waals surface area contributed by atoms with Gasteiger partial charge in [-0.25, -0.2) is 0 Å². The van der Waals surface area contributed by atoms with Crippen molar-refractivity contribution >= 4 is 36.4 Å². The van der Waals surface area contributed by atoms with Crippen molar-refractivity contribution in [2.75, 3.05) is 5.32 Å². The number of nitrogens with zero attached hydrogens (tertiary/aromatic N) is 1. The quantitative estimate of drug-likeness (QED) is 0.650. The van der Waals surface area contributed by atoms with Gasteiger partial charge in [0.25, 0.3) is 0 Å². The second-order valence-corrected chi connectivity index (χ2v) is 6.26. The topological polar surface area (TPSA) is 66.0 Å². The van der Waals surface area contributed by atoms with Crippen LogP contribution in [0.2, 0.25) is 0 Å². The molecule has 0 aliphatic heterocycles. The van der Waals surface area contributed by atoms with Gasteiger partial charge < -0.3 is 5.32 Å². The zero-order valence-electron chi connectivity index (χ0n) is 14.6. The van der Waals surface area contributed by atoms with Gasteiger partial charge in [-0.1, -0.05) is 30.3 Å². The minimum atomic E-state index is 0. The number of hydrogen-bond donors (Lipinski definition) is 3. The number of nitrogens with one attached hydrogen (secondary N) is 3. The summed E-state index contributed by atoms with van der Waals surface area (Å²) in [6.45, 7) is 0.809. The maximum absolute atomic E-state index is 12.3. The summed E-state index contributed by atoms with van der Waals surface area (Å²) in [6, 6.07) is 14.4. The van der Waals surface area contributed by atoms with Gasteiger partial charge >= 0.3 is 0 Å². The summed E-state index contributed by atoms with van der Waals surface area (Å²) >= 11 is 0. The molecule has 0 bridgehead atoms.